The van der Waals surface area contributed by atoms with Gasteiger partial charge < -0.3 is 27.9 Å². The van der Waals surface area contributed by atoms with E-state index in [9.17, 15) is 0 Å². The van der Waals surface area contributed by atoms with Crippen molar-refractivity contribution in [3.8, 4) is 0 Å². The van der Waals surface area contributed by atoms with Gasteiger partial charge in [-0.3, -0.25) is 0 Å². The Balaban J connectivity index is -0.0000000257. The van der Waals surface area contributed by atoms with Crippen LogP contribution in [0.3, 0.4) is 0 Å². The van der Waals surface area contributed by atoms with Crippen molar-refractivity contribution in [2.75, 3.05) is 0 Å². The fourth-order valence-corrected chi connectivity index (χ4v) is 0. The second-order valence-electron chi connectivity index (χ2n) is 4.37. The first-order valence-corrected chi connectivity index (χ1v) is 5.65. The molecule has 18 heavy (non-hydrogen) atoms. The first-order valence-electron chi connectivity index (χ1n) is 5.65. The molecule has 0 aromatic carbocycles. The predicted octanol–water partition coefficient (Wildman–Crippen LogP) is 2.00. The van der Waals surface area contributed by atoms with Crippen LogP contribution in [0.1, 0.15) is 55.4 Å². The average molecular weight is 303 g/mol. The number of rotatable bonds is 0. The maximum absolute atomic E-state index is 8.06. The zero-order chi connectivity index (χ0) is 14.3. The Labute approximate surface area is 129 Å². The van der Waals surface area contributed by atoms with E-state index in [0.717, 1.165) is 0 Å². The SMILES string of the molecule is CC(C)O.CC(C)O.CC(C)O.CC(C)O.[CH3-].[Ti]. The van der Waals surface area contributed by atoms with Crippen LogP contribution in [0.4, 0.5) is 0 Å². The number of hydrogen-bond acceptors (Lipinski definition) is 4. The van der Waals surface area contributed by atoms with Crippen LogP contribution < -0.4 is 0 Å². The summed E-state index contributed by atoms with van der Waals surface area (Å²) in [6, 6.07) is 0. The van der Waals surface area contributed by atoms with Crippen molar-refractivity contribution >= 4 is 0 Å². The smallest absolute Gasteiger partial charge is 0.0483 e. The van der Waals surface area contributed by atoms with Crippen molar-refractivity contribution in [2.45, 2.75) is 79.8 Å². The summed E-state index contributed by atoms with van der Waals surface area (Å²) in [5, 5.41) is 32.2. The summed E-state index contributed by atoms with van der Waals surface area (Å²) in [5.74, 6) is 0. The first-order chi connectivity index (χ1) is 6.93. The minimum Gasteiger partial charge on any atom is -0.394 e. The van der Waals surface area contributed by atoms with Gasteiger partial charge in [0.2, 0.25) is 0 Å². The molecule has 0 bridgehead atoms. The second-order valence-corrected chi connectivity index (χ2v) is 4.37. The van der Waals surface area contributed by atoms with Gasteiger partial charge in [-0.1, -0.05) is 0 Å². The Bertz CT molecular complexity index is 62.0. The average Bonchev–Trinajstić information content (AvgIpc) is 1.76. The fourth-order valence-electron chi connectivity index (χ4n) is 0. The molecule has 0 aromatic rings. The van der Waals surface area contributed by atoms with Crippen LogP contribution in [0.2, 0.25) is 0 Å². The van der Waals surface area contributed by atoms with Gasteiger partial charge in [-0.15, -0.1) is 0 Å². The fraction of sp³-hybridized carbons (Fsp3) is 0.923. The van der Waals surface area contributed by atoms with Gasteiger partial charge in [0.15, 0.2) is 0 Å². The first kappa shape index (κ1) is 36.3. The van der Waals surface area contributed by atoms with Crippen molar-refractivity contribution in [2.24, 2.45) is 0 Å². The number of aliphatic hydroxyl groups is 4. The van der Waals surface area contributed by atoms with E-state index in [1.54, 1.807) is 55.4 Å². The van der Waals surface area contributed by atoms with Crippen LogP contribution in [0.5, 0.6) is 0 Å². The van der Waals surface area contributed by atoms with Gasteiger partial charge in [0.1, 0.15) is 0 Å². The molecule has 0 aliphatic rings. The third-order valence-corrected chi connectivity index (χ3v) is 0. The van der Waals surface area contributed by atoms with Gasteiger partial charge in [-0.2, -0.15) is 0 Å². The van der Waals surface area contributed by atoms with E-state index in [2.05, 4.69) is 0 Å². The minimum absolute atomic E-state index is 0. The third-order valence-electron chi connectivity index (χ3n) is 0. The van der Waals surface area contributed by atoms with Crippen LogP contribution in [-0.2, 0) is 21.7 Å². The molecule has 0 saturated carbocycles. The second kappa shape index (κ2) is 30.5. The number of aliphatic hydroxyl groups excluding tert-OH is 4. The van der Waals surface area contributed by atoms with Crippen LogP contribution in [0.15, 0.2) is 0 Å². The molecule has 0 aliphatic carbocycles. The summed E-state index contributed by atoms with van der Waals surface area (Å²) in [5.41, 5.74) is 0. The summed E-state index contributed by atoms with van der Waals surface area (Å²) in [6.07, 6.45) is -0.667. The Morgan fingerprint density at radius 2 is 0.444 bits per heavy atom. The largest absolute Gasteiger partial charge is 0.394 e. The zero-order valence-electron chi connectivity index (χ0n) is 13.6. The van der Waals surface area contributed by atoms with Gasteiger partial charge in [0.25, 0.3) is 0 Å². The van der Waals surface area contributed by atoms with Crippen molar-refractivity contribution in [3.05, 3.63) is 7.43 Å². The zero-order valence-corrected chi connectivity index (χ0v) is 15.2. The van der Waals surface area contributed by atoms with Gasteiger partial charge in [-0.25, -0.2) is 0 Å². The molecule has 0 radical (unpaired) electrons. The molecule has 0 aliphatic heterocycles. The van der Waals surface area contributed by atoms with E-state index in [-0.39, 0.29) is 53.6 Å². The van der Waals surface area contributed by atoms with E-state index >= 15 is 0 Å². The Hall–Kier alpha value is 0.554. The molecule has 0 spiro atoms. The summed E-state index contributed by atoms with van der Waals surface area (Å²) in [4.78, 5) is 0. The van der Waals surface area contributed by atoms with Crippen molar-refractivity contribution in [1.82, 2.24) is 0 Å². The van der Waals surface area contributed by atoms with Crippen molar-refractivity contribution < 1.29 is 42.1 Å². The maximum Gasteiger partial charge on any atom is 0.0483 e. The molecule has 5 heteroatoms. The number of hydrogen-bond donors (Lipinski definition) is 4. The molecule has 116 valence electrons. The molecule has 0 saturated heterocycles. The normalized spacial score (nSPS) is 8.00. The topological polar surface area (TPSA) is 80.9 Å². The molecule has 0 heterocycles. The molecule has 0 rings (SSSR count). The van der Waals surface area contributed by atoms with Gasteiger partial charge in [0, 0.05) is 46.1 Å². The maximum atomic E-state index is 8.06. The predicted molar refractivity (Wildman–Crippen MR) is 75.8 cm³/mol. The van der Waals surface area contributed by atoms with E-state index < -0.39 is 0 Å². The summed E-state index contributed by atoms with van der Waals surface area (Å²) >= 11 is 0. The molecule has 0 fully saturated rings. The Morgan fingerprint density at radius 3 is 0.444 bits per heavy atom. The van der Waals surface area contributed by atoms with E-state index in [1.807, 2.05) is 0 Å². The Kier molecular flexibility index (Phi) is 61.5. The van der Waals surface area contributed by atoms with Crippen molar-refractivity contribution in [1.29, 1.82) is 0 Å². The standard InChI is InChI=1S/4C3H8O.CH3.Ti/c4*1-3(2)4;;/h4*3-4H,1-2H3;1H3;/q;;;;-1;. The summed E-state index contributed by atoms with van der Waals surface area (Å²) in [7, 11) is 0. The summed E-state index contributed by atoms with van der Waals surface area (Å²) < 4.78 is 0. The molecule has 0 atom stereocenters. The van der Waals surface area contributed by atoms with E-state index in [4.69, 9.17) is 20.4 Å². The van der Waals surface area contributed by atoms with Gasteiger partial charge >= 0.3 is 0 Å². The monoisotopic (exact) mass is 303 g/mol. The quantitative estimate of drug-likeness (QED) is 0.407. The van der Waals surface area contributed by atoms with Crippen LogP contribution in [0.25, 0.3) is 0 Å². The van der Waals surface area contributed by atoms with Crippen LogP contribution in [-0.4, -0.2) is 44.8 Å². The molecule has 4 N–H and O–H groups in total. The molecular formula is C13H35O4Ti-. The molecule has 4 nitrogen and oxygen atoms in total. The molecular weight excluding hydrogens is 268 g/mol. The molecule has 0 unspecified atom stereocenters. The van der Waals surface area contributed by atoms with Crippen molar-refractivity contribution in [3.63, 3.8) is 0 Å². The molecule has 0 amide bonds. The van der Waals surface area contributed by atoms with Gasteiger partial charge in [-0.05, 0) is 55.4 Å². The summed E-state index contributed by atoms with van der Waals surface area (Å²) in [6.45, 7) is 13.8. The van der Waals surface area contributed by atoms with Crippen LogP contribution in [0, 0.1) is 7.43 Å². The molecule has 0 aromatic heterocycles. The van der Waals surface area contributed by atoms with Crippen LogP contribution >= 0.6 is 0 Å². The minimum atomic E-state index is -0.167. The third kappa shape index (κ3) is 13000. The van der Waals surface area contributed by atoms with E-state index in [1.165, 1.54) is 0 Å². The Morgan fingerprint density at radius 1 is 0.444 bits per heavy atom. The van der Waals surface area contributed by atoms with E-state index in [0.29, 0.717) is 0 Å². The van der Waals surface area contributed by atoms with Gasteiger partial charge in [0.05, 0.1) is 0 Å².